The second kappa shape index (κ2) is 6.12. The number of carbonyl (C=O) groups is 1. The van der Waals surface area contributed by atoms with Crippen LogP contribution in [0.2, 0.25) is 0 Å². The van der Waals surface area contributed by atoms with Crippen LogP contribution in [0.15, 0.2) is 30.3 Å². The number of nitrogens with one attached hydrogen (secondary N) is 1. The van der Waals surface area contributed by atoms with Gasteiger partial charge in [-0.1, -0.05) is 37.3 Å². The minimum Gasteiger partial charge on any atom is -0.465 e. The first-order valence-corrected chi connectivity index (χ1v) is 5.35. The van der Waals surface area contributed by atoms with Gasteiger partial charge in [0, 0.05) is 0 Å². The monoisotopic (exact) mass is 223 g/mol. The lowest BCUT2D eigenvalue weighted by atomic mass is 10.00. The summed E-state index contributed by atoms with van der Waals surface area (Å²) >= 11 is 0. The molecule has 0 saturated heterocycles. The molecule has 1 amide bonds. The fourth-order valence-electron chi connectivity index (χ4n) is 1.59. The molecule has 0 aliphatic rings. The highest BCUT2D eigenvalue weighted by molar-refractivity contribution is 5.65. The van der Waals surface area contributed by atoms with Crippen molar-refractivity contribution >= 4 is 6.09 Å². The van der Waals surface area contributed by atoms with Gasteiger partial charge in [0.2, 0.25) is 0 Å². The topological polar surface area (TPSA) is 69.6 Å². The summed E-state index contributed by atoms with van der Waals surface area (Å²) < 4.78 is 0. The lowest BCUT2D eigenvalue weighted by Gasteiger charge is -2.21. The van der Waals surface area contributed by atoms with Gasteiger partial charge in [-0.2, -0.15) is 0 Å². The van der Waals surface area contributed by atoms with Crippen molar-refractivity contribution in [2.24, 2.45) is 0 Å². The zero-order chi connectivity index (χ0) is 12.0. The van der Waals surface area contributed by atoms with Gasteiger partial charge in [0.05, 0.1) is 12.1 Å². The molecule has 2 atom stereocenters. The van der Waals surface area contributed by atoms with Crippen molar-refractivity contribution in [2.75, 3.05) is 0 Å². The minimum atomic E-state index is -1.10. The van der Waals surface area contributed by atoms with Crippen molar-refractivity contribution in [3.8, 4) is 0 Å². The van der Waals surface area contributed by atoms with E-state index in [4.69, 9.17) is 5.11 Å². The van der Waals surface area contributed by atoms with Crippen LogP contribution in [-0.2, 0) is 6.42 Å². The number of aliphatic hydroxyl groups excluding tert-OH is 1. The molecule has 0 radical (unpaired) electrons. The molecule has 2 unspecified atom stereocenters. The van der Waals surface area contributed by atoms with Crippen LogP contribution in [0, 0.1) is 0 Å². The van der Waals surface area contributed by atoms with Crippen LogP contribution in [0.3, 0.4) is 0 Å². The smallest absolute Gasteiger partial charge is 0.404 e. The quantitative estimate of drug-likeness (QED) is 0.710. The molecule has 4 nitrogen and oxygen atoms in total. The number of carboxylic acid groups (broad SMARTS) is 1. The molecule has 0 bridgehead atoms. The van der Waals surface area contributed by atoms with Crippen LogP contribution in [0.25, 0.3) is 0 Å². The maximum atomic E-state index is 10.6. The molecule has 3 N–H and O–H groups in total. The summed E-state index contributed by atoms with van der Waals surface area (Å²) in [7, 11) is 0. The SMILES string of the molecule is CCC(O)C(Cc1ccccc1)NC(=O)O. The largest absolute Gasteiger partial charge is 0.465 e. The summed E-state index contributed by atoms with van der Waals surface area (Å²) in [5, 5.41) is 20.7. The third-order valence-electron chi connectivity index (χ3n) is 2.49. The van der Waals surface area contributed by atoms with E-state index in [1.165, 1.54) is 0 Å². The fourth-order valence-corrected chi connectivity index (χ4v) is 1.59. The van der Waals surface area contributed by atoms with Gasteiger partial charge in [0.1, 0.15) is 0 Å². The number of rotatable bonds is 5. The van der Waals surface area contributed by atoms with E-state index in [2.05, 4.69) is 5.32 Å². The number of hydrogen-bond donors (Lipinski definition) is 3. The Balaban J connectivity index is 2.67. The second-order valence-corrected chi connectivity index (χ2v) is 3.72. The molecule has 0 heterocycles. The molecular weight excluding hydrogens is 206 g/mol. The molecule has 1 aromatic carbocycles. The predicted octanol–water partition coefficient (Wildman–Crippen LogP) is 1.64. The predicted molar refractivity (Wildman–Crippen MR) is 61.4 cm³/mol. The highest BCUT2D eigenvalue weighted by Crippen LogP contribution is 2.08. The van der Waals surface area contributed by atoms with E-state index in [1.807, 2.05) is 37.3 Å². The third-order valence-corrected chi connectivity index (χ3v) is 2.49. The summed E-state index contributed by atoms with van der Waals surface area (Å²) in [5.74, 6) is 0. The van der Waals surface area contributed by atoms with E-state index in [-0.39, 0.29) is 0 Å². The zero-order valence-electron chi connectivity index (χ0n) is 9.26. The molecule has 88 valence electrons. The van der Waals surface area contributed by atoms with Crippen LogP contribution in [-0.4, -0.2) is 28.5 Å². The molecular formula is C12H17NO3. The Morgan fingerprint density at radius 3 is 2.50 bits per heavy atom. The molecule has 0 aromatic heterocycles. The Morgan fingerprint density at radius 1 is 1.38 bits per heavy atom. The van der Waals surface area contributed by atoms with Gasteiger partial charge in [-0.05, 0) is 18.4 Å². The van der Waals surface area contributed by atoms with Crippen molar-refractivity contribution in [3.05, 3.63) is 35.9 Å². The molecule has 16 heavy (non-hydrogen) atoms. The van der Waals surface area contributed by atoms with Crippen molar-refractivity contribution < 1.29 is 15.0 Å². The van der Waals surface area contributed by atoms with Gasteiger partial charge in [0.15, 0.2) is 0 Å². The van der Waals surface area contributed by atoms with E-state index in [9.17, 15) is 9.90 Å². The number of hydrogen-bond acceptors (Lipinski definition) is 2. The molecule has 0 saturated carbocycles. The highest BCUT2D eigenvalue weighted by atomic mass is 16.4. The molecule has 1 aromatic rings. The number of amides is 1. The summed E-state index contributed by atoms with van der Waals surface area (Å²) in [4.78, 5) is 10.6. The van der Waals surface area contributed by atoms with Crippen molar-refractivity contribution in [1.82, 2.24) is 5.32 Å². The van der Waals surface area contributed by atoms with E-state index < -0.39 is 18.2 Å². The molecule has 0 aliphatic carbocycles. The Labute approximate surface area is 94.9 Å². The van der Waals surface area contributed by atoms with Crippen molar-refractivity contribution in [2.45, 2.75) is 31.9 Å². The number of aliphatic hydroxyl groups is 1. The summed E-state index contributed by atoms with van der Waals surface area (Å²) in [6.07, 6.45) is -0.732. The molecule has 0 spiro atoms. The third kappa shape index (κ3) is 3.90. The van der Waals surface area contributed by atoms with Gasteiger partial charge in [0.25, 0.3) is 0 Å². The average molecular weight is 223 g/mol. The fraction of sp³-hybridized carbons (Fsp3) is 0.417. The van der Waals surface area contributed by atoms with Gasteiger partial charge in [-0.25, -0.2) is 4.79 Å². The number of benzene rings is 1. The van der Waals surface area contributed by atoms with Crippen molar-refractivity contribution in [1.29, 1.82) is 0 Å². The normalized spacial score (nSPS) is 14.1. The second-order valence-electron chi connectivity index (χ2n) is 3.72. The Bertz CT molecular complexity index is 326. The first-order valence-electron chi connectivity index (χ1n) is 5.35. The maximum absolute atomic E-state index is 10.6. The average Bonchev–Trinajstić information content (AvgIpc) is 2.28. The highest BCUT2D eigenvalue weighted by Gasteiger charge is 2.19. The molecule has 1 rings (SSSR count). The molecule has 0 fully saturated rings. The zero-order valence-corrected chi connectivity index (χ0v) is 9.26. The lowest BCUT2D eigenvalue weighted by Crippen LogP contribution is -2.43. The lowest BCUT2D eigenvalue weighted by molar-refractivity contribution is 0.116. The van der Waals surface area contributed by atoms with Crippen LogP contribution in [0.5, 0.6) is 0 Å². The van der Waals surface area contributed by atoms with E-state index in [0.717, 1.165) is 5.56 Å². The molecule has 4 heteroatoms. The van der Waals surface area contributed by atoms with Gasteiger partial charge >= 0.3 is 6.09 Å². The summed E-state index contributed by atoms with van der Waals surface area (Å²) in [6, 6.07) is 9.07. The summed E-state index contributed by atoms with van der Waals surface area (Å²) in [5.41, 5.74) is 1.01. The van der Waals surface area contributed by atoms with Crippen molar-refractivity contribution in [3.63, 3.8) is 0 Å². The van der Waals surface area contributed by atoms with Crippen LogP contribution >= 0.6 is 0 Å². The van der Waals surface area contributed by atoms with Crippen LogP contribution in [0.4, 0.5) is 4.79 Å². The van der Waals surface area contributed by atoms with Gasteiger partial charge in [-0.3, -0.25) is 0 Å². The first kappa shape index (κ1) is 12.5. The van der Waals surface area contributed by atoms with E-state index >= 15 is 0 Å². The van der Waals surface area contributed by atoms with E-state index in [0.29, 0.717) is 12.8 Å². The maximum Gasteiger partial charge on any atom is 0.404 e. The minimum absolute atomic E-state index is 0.454. The van der Waals surface area contributed by atoms with Crippen LogP contribution in [0.1, 0.15) is 18.9 Å². The summed E-state index contributed by atoms with van der Waals surface area (Å²) in [6.45, 7) is 1.83. The van der Waals surface area contributed by atoms with Crippen LogP contribution < -0.4 is 5.32 Å². The Morgan fingerprint density at radius 2 is 2.00 bits per heavy atom. The standard InChI is InChI=1S/C12H17NO3/c1-2-11(14)10(13-12(15)16)8-9-6-4-3-5-7-9/h3-7,10-11,13-14H,2,8H2,1H3,(H,15,16). The Hall–Kier alpha value is -1.55. The van der Waals surface area contributed by atoms with Gasteiger partial charge in [-0.15, -0.1) is 0 Å². The van der Waals surface area contributed by atoms with Gasteiger partial charge < -0.3 is 15.5 Å². The molecule has 0 aliphatic heterocycles. The van der Waals surface area contributed by atoms with E-state index in [1.54, 1.807) is 0 Å². The first-order chi connectivity index (χ1) is 7.63. The Kier molecular flexibility index (Phi) is 4.79.